The van der Waals surface area contributed by atoms with E-state index in [1.165, 1.54) is 11.0 Å². The number of rotatable bonds is 2. The first kappa shape index (κ1) is 13.0. The number of hydrogen-bond donors (Lipinski definition) is 1. The Kier molecular flexibility index (Phi) is 3.36. The maximum Gasteiger partial charge on any atom is 0.294 e. The van der Waals surface area contributed by atoms with Gasteiger partial charge in [-0.1, -0.05) is 15.9 Å². The van der Waals surface area contributed by atoms with Gasteiger partial charge in [0.1, 0.15) is 5.69 Å². The van der Waals surface area contributed by atoms with E-state index < -0.39 is 4.92 Å². The molecule has 1 heterocycles. The third-order valence-electron chi connectivity index (χ3n) is 2.87. The van der Waals surface area contributed by atoms with E-state index in [-0.39, 0.29) is 24.1 Å². The lowest BCUT2D eigenvalue weighted by atomic mass is 10.1. The topological polar surface area (TPSA) is 89.5 Å². The number of anilines is 1. The highest BCUT2D eigenvalue weighted by molar-refractivity contribution is 9.10. The SMILES string of the molecule is Cc1cc(Br)cc([N+](=O)[O-])c1N1CC(N)CC1=O. The summed E-state index contributed by atoms with van der Waals surface area (Å²) in [4.78, 5) is 23.8. The molecule has 2 rings (SSSR count). The summed E-state index contributed by atoms with van der Waals surface area (Å²) in [6, 6.07) is 2.89. The Morgan fingerprint density at radius 1 is 1.56 bits per heavy atom. The van der Waals surface area contributed by atoms with Crippen molar-refractivity contribution in [3.8, 4) is 0 Å². The molecule has 18 heavy (non-hydrogen) atoms. The average molecular weight is 314 g/mol. The highest BCUT2D eigenvalue weighted by Crippen LogP contribution is 2.36. The highest BCUT2D eigenvalue weighted by atomic mass is 79.9. The molecule has 1 aromatic carbocycles. The Labute approximate surface area is 112 Å². The molecule has 1 saturated heterocycles. The summed E-state index contributed by atoms with van der Waals surface area (Å²) in [6.45, 7) is 2.06. The number of nitro benzene ring substituents is 1. The van der Waals surface area contributed by atoms with Crippen LogP contribution in [0, 0.1) is 17.0 Å². The van der Waals surface area contributed by atoms with Crippen molar-refractivity contribution >= 4 is 33.2 Å². The fraction of sp³-hybridized carbons (Fsp3) is 0.364. The van der Waals surface area contributed by atoms with Crippen LogP contribution in [-0.4, -0.2) is 23.4 Å². The molecule has 1 unspecified atom stereocenters. The molecule has 0 bridgehead atoms. The summed E-state index contributed by atoms with van der Waals surface area (Å²) < 4.78 is 0.617. The lowest BCUT2D eigenvalue weighted by Gasteiger charge is -2.18. The summed E-state index contributed by atoms with van der Waals surface area (Å²) in [6.07, 6.45) is 0.229. The minimum atomic E-state index is -0.482. The van der Waals surface area contributed by atoms with Crippen molar-refractivity contribution in [1.82, 2.24) is 0 Å². The van der Waals surface area contributed by atoms with E-state index in [4.69, 9.17) is 5.73 Å². The first-order valence-corrected chi connectivity index (χ1v) is 6.20. The highest BCUT2D eigenvalue weighted by Gasteiger charge is 2.33. The zero-order valence-corrected chi connectivity index (χ0v) is 11.3. The second-order valence-electron chi connectivity index (χ2n) is 4.32. The van der Waals surface area contributed by atoms with Gasteiger partial charge in [-0.3, -0.25) is 14.9 Å². The third kappa shape index (κ3) is 2.23. The molecule has 7 heteroatoms. The lowest BCUT2D eigenvalue weighted by molar-refractivity contribution is -0.384. The maximum absolute atomic E-state index is 11.8. The van der Waals surface area contributed by atoms with Crippen molar-refractivity contribution in [3.63, 3.8) is 0 Å². The molecule has 0 saturated carbocycles. The number of aryl methyl sites for hydroxylation is 1. The summed E-state index contributed by atoms with van der Waals surface area (Å²) in [7, 11) is 0. The van der Waals surface area contributed by atoms with Crippen LogP contribution in [-0.2, 0) is 4.79 Å². The van der Waals surface area contributed by atoms with Crippen molar-refractivity contribution < 1.29 is 9.72 Å². The predicted octanol–water partition coefficient (Wildman–Crippen LogP) is 1.73. The summed E-state index contributed by atoms with van der Waals surface area (Å²) in [5.74, 6) is -0.170. The molecule has 0 spiro atoms. The monoisotopic (exact) mass is 313 g/mol. The van der Waals surface area contributed by atoms with Gasteiger partial charge in [-0.05, 0) is 18.6 Å². The van der Waals surface area contributed by atoms with Gasteiger partial charge in [-0.2, -0.15) is 0 Å². The molecule has 1 atom stereocenters. The second kappa shape index (κ2) is 4.66. The van der Waals surface area contributed by atoms with Crippen molar-refractivity contribution in [2.24, 2.45) is 5.73 Å². The molecule has 1 aliphatic heterocycles. The fourth-order valence-electron chi connectivity index (χ4n) is 2.16. The smallest absolute Gasteiger partial charge is 0.294 e. The van der Waals surface area contributed by atoms with Crippen LogP contribution in [0.15, 0.2) is 16.6 Å². The molecule has 1 amide bonds. The van der Waals surface area contributed by atoms with Gasteiger partial charge in [0.15, 0.2) is 0 Å². The Hall–Kier alpha value is -1.47. The molecule has 2 N–H and O–H groups in total. The van der Waals surface area contributed by atoms with Gasteiger partial charge in [0, 0.05) is 29.5 Å². The number of amides is 1. The third-order valence-corrected chi connectivity index (χ3v) is 3.32. The molecule has 0 aromatic heterocycles. The molecular formula is C11H12BrN3O3. The fourth-order valence-corrected chi connectivity index (χ4v) is 2.72. The standard InChI is InChI=1S/C11H12BrN3O3/c1-6-2-7(12)3-9(15(17)18)11(6)14-5-8(13)4-10(14)16/h2-3,8H,4-5,13H2,1H3. The normalized spacial score (nSPS) is 19.4. The van der Waals surface area contributed by atoms with E-state index in [0.717, 1.165) is 0 Å². The van der Waals surface area contributed by atoms with Crippen LogP contribution < -0.4 is 10.6 Å². The van der Waals surface area contributed by atoms with Crippen molar-refractivity contribution in [1.29, 1.82) is 0 Å². The van der Waals surface area contributed by atoms with E-state index in [1.807, 2.05) is 0 Å². The van der Waals surface area contributed by atoms with Crippen LogP contribution in [0.5, 0.6) is 0 Å². The Morgan fingerprint density at radius 3 is 2.72 bits per heavy atom. The molecule has 1 fully saturated rings. The summed E-state index contributed by atoms with van der Waals surface area (Å²) >= 11 is 3.22. The van der Waals surface area contributed by atoms with Gasteiger partial charge in [0.05, 0.1) is 4.92 Å². The minimum Gasteiger partial charge on any atom is -0.326 e. The van der Waals surface area contributed by atoms with Gasteiger partial charge in [0.2, 0.25) is 5.91 Å². The molecule has 1 aromatic rings. The van der Waals surface area contributed by atoms with E-state index in [0.29, 0.717) is 22.3 Å². The largest absolute Gasteiger partial charge is 0.326 e. The number of nitrogens with zero attached hydrogens (tertiary/aromatic N) is 2. The number of nitrogens with two attached hydrogens (primary N) is 1. The molecule has 1 aliphatic rings. The Bertz CT molecular complexity index is 533. The van der Waals surface area contributed by atoms with Crippen LogP contribution >= 0.6 is 15.9 Å². The van der Waals surface area contributed by atoms with Crippen LogP contribution in [0.25, 0.3) is 0 Å². The van der Waals surface area contributed by atoms with Gasteiger partial charge < -0.3 is 10.6 Å². The first-order valence-electron chi connectivity index (χ1n) is 5.40. The van der Waals surface area contributed by atoms with Crippen molar-refractivity contribution in [3.05, 3.63) is 32.3 Å². The average Bonchev–Trinajstić information content (AvgIpc) is 2.56. The molecular weight excluding hydrogens is 302 g/mol. The molecule has 96 valence electrons. The number of halogens is 1. The second-order valence-corrected chi connectivity index (χ2v) is 5.23. The van der Waals surface area contributed by atoms with Crippen molar-refractivity contribution in [2.75, 3.05) is 11.4 Å². The quantitative estimate of drug-likeness (QED) is 0.665. The zero-order valence-electron chi connectivity index (χ0n) is 9.72. The predicted molar refractivity (Wildman–Crippen MR) is 70.5 cm³/mol. The Balaban J connectivity index is 2.56. The summed E-state index contributed by atoms with van der Waals surface area (Å²) in [5.41, 5.74) is 6.67. The number of hydrogen-bond acceptors (Lipinski definition) is 4. The minimum absolute atomic E-state index is 0.0793. The van der Waals surface area contributed by atoms with E-state index in [2.05, 4.69) is 15.9 Å². The maximum atomic E-state index is 11.8. The van der Waals surface area contributed by atoms with Gasteiger partial charge >= 0.3 is 0 Å². The number of carbonyl (C=O) groups is 1. The van der Waals surface area contributed by atoms with E-state index >= 15 is 0 Å². The Morgan fingerprint density at radius 2 is 2.22 bits per heavy atom. The molecule has 0 aliphatic carbocycles. The first-order chi connectivity index (χ1) is 8.40. The molecule has 0 radical (unpaired) electrons. The van der Waals surface area contributed by atoms with Crippen LogP contribution in [0.4, 0.5) is 11.4 Å². The van der Waals surface area contributed by atoms with Crippen LogP contribution in [0.3, 0.4) is 0 Å². The zero-order chi connectivity index (χ0) is 13.4. The van der Waals surface area contributed by atoms with E-state index in [9.17, 15) is 14.9 Å². The molecule has 6 nitrogen and oxygen atoms in total. The van der Waals surface area contributed by atoms with Gasteiger partial charge in [0.25, 0.3) is 5.69 Å². The van der Waals surface area contributed by atoms with E-state index in [1.54, 1.807) is 13.0 Å². The van der Waals surface area contributed by atoms with Crippen LogP contribution in [0.2, 0.25) is 0 Å². The van der Waals surface area contributed by atoms with Crippen LogP contribution in [0.1, 0.15) is 12.0 Å². The summed E-state index contributed by atoms with van der Waals surface area (Å²) in [5, 5.41) is 11.1. The lowest BCUT2D eigenvalue weighted by Crippen LogP contribution is -2.29. The van der Waals surface area contributed by atoms with Gasteiger partial charge in [-0.25, -0.2) is 0 Å². The number of benzene rings is 1. The number of carbonyl (C=O) groups excluding carboxylic acids is 1. The van der Waals surface area contributed by atoms with Gasteiger partial charge in [-0.15, -0.1) is 0 Å². The number of nitro groups is 1. The van der Waals surface area contributed by atoms with Crippen molar-refractivity contribution in [2.45, 2.75) is 19.4 Å².